The first-order valence-corrected chi connectivity index (χ1v) is 6.83. The van der Waals surface area contributed by atoms with Gasteiger partial charge in [-0.15, -0.1) is 0 Å². The second-order valence-electron chi connectivity index (χ2n) is 4.33. The predicted molar refractivity (Wildman–Crippen MR) is 68.1 cm³/mol. The third-order valence-corrected chi connectivity index (χ3v) is 2.80. The van der Waals surface area contributed by atoms with Crippen LogP contribution in [-0.2, 0) is 14.5 Å². The normalized spacial score (nSPS) is 14.2. The summed E-state index contributed by atoms with van der Waals surface area (Å²) < 4.78 is 4.75. The minimum Gasteiger partial charge on any atom is -0.450 e. The molecule has 2 unspecified atom stereocenters. The van der Waals surface area contributed by atoms with E-state index in [9.17, 15) is 4.79 Å². The molecule has 108 valence electrons. The van der Waals surface area contributed by atoms with E-state index < -0.39 is 12.4 Å². The third kappa shape index (κ3) is 8.31. The average Bonchev–Trinajstić information content (AvgIpc) is 2.34. The molecule has 0 aromatic heterocycles. The second-order valence-corrected chi connectivity index (χ2v) is 4.33. The fourth-order valence-corrected chi connectivity index (χ4v) is 1.61. The van der Waals surface area contributed by atoms with E-state index in [-0.39, 0.29) is 5.92 Å². The summed E-state index contributed by atoms with van der Waals surface area (Å²) in [5.74, 6) is 0.0441. The van der Waals surface area contributed by atoms with Crippen LogP contribution in [0.5, 0.6) is 0 Å². The van der Waals surface area contributed by atoms with E-state index in [1.807, 2.05) is 13.8 Å². The van der Waals surface area contributed by atoms with Crippen molar-refractivity contribution in [1.82, 2.24) is 0 Å². The van der Waals surface area contributed by atoms with Crippen molar-refractivity contribution in [1.29, 1.82) is 0 Å². The molecule has 0 bridgehead atoms. The van der Waals surface area contributed by atoms with Crippen molar-refractivity contribution >= 4 is 6.16 Å². The first kappa shape index (κ1) is 17.2. The molecule has 0 fully saturated rings. The number of carbonyl (C=O) groups is 1. The van der Waals surface area contributed by atoms with Gasteiger partial charge in [0, 0.05) is 5.92 Å². The van der Waals surface area contributed by atoms with Crippen LogP contribution in [0.2, 0.25) is 0 Å². The molecular weight excluding hydrogens is 236 g/mol. The van der Waals surface area contributed by atoms with Crippen LogP contribution in [0.15, 0.2) is 0 Å². The van der Waals surface area contributed by atoms with E-state index in [0.717, 1.165) is 38.5 Å². The standard InChI is InChI=1S/C13H26O5/c1-4-7-9-11(6-3)12(17-13(14)15)18-16-10-8-5-2/h11-12H,4-10H2,1-3H3,(H,14,15). The molecule has 0 saturated carbocycles. The highest BCUT2D eigenvalue weighted by atomic mass is 17.2. The largest absolute Gasteiger partial charge is 0.508 e. The molecule has 0 saturated heterocycles. The van der Waals surface area contributed by atoms with E-state index in [0.29, 0.717) is 6.61 Å². The molecular formula is C13H26O5. The summed E-state index contributed by atoms with van der Waals surface area (Å²) in [4.78, 5) is 20.7. The SMILES string of the molecule is CCCCOOC(OC(=O)O)C(CC)CCCC. The lowest BCUT2D eigenvalue weighted by molar-refractivity contribution is -0.381. The Morgan fingerprint density at radius 3 is 2.33 bits per heavy atom. The van der Waals surface area contributed by atoms with Crippen molar-refractivity contribution in [2.75, 3.05) is 6.61 Å². The minimum atomic E-state index is -1.32. The van der Waals surface area contributed by atoms with Gasteiger partial charge in [-0.25, -0.2) is 9.68 Å². The molecule has 0 aromatic rings. The van der Waals surface area contributed by atoms with E-state index >= 15 is 0 Å². The van der Waals surface area contributed by atoms with E-state index in [2.05, 4.69) is 6.92 Å². The summed E-state index contributed by atoms with van der Waals surface area (Å²) in [6.45, 7) is 6.59. The van der Waals surface area contributed by atoms with Crippen LogP contribution in [0, 0.1) is 5.92 Å². The van der Waals surface area contributed by atoms with E-state index in [1.165, 1.54) is 0 Å². The van der Waals surface area contributed by atoms with Gasteiger partial charge in [-0.2, -0.15) is 4.89 Å². The van der Waals surface area contributed by atoms with Crippen LogP contribution in [-0.4, -0.2) is 24.2 Å². The molecule has 2 atom stereocenters. The number of hydrogen-bond acceptors (Lipinski definition) is 4. The summed E-state index contributed by atoms with van der Waals surface area (Å²) in [6.07, 6.45) is 3.50. The molecule has 5 nitrogen and oxygen atoms in total. The highest BCUT2D eigenvalue weighted by molar-refractivity contribution is 5.56. The Labute approximate surface area is 109 Å². The van der Waals surface area contributed by atoms with Crippen molar-refractivity contribution in [3.63, 3.8) is 0 Å². The zero-order valence-electron chi connectivity index (χ0n) is 11.7. The summed E-state index contributed by atoms with van der Waals surface area (Å²) >= 11 is 0. The zero-order valence-corrected chi connectivity index (χ0v) is 11.7. The molecule has 0 aromatic carbocycles. The topological polar surface area (TPSA) is 65.0 Å². The van der Waals surface area contributed by atoms with Crippen LogP contribution in [0.1, 0.15) is 59.3 Å². The van der Waals surface area contributed by atoms with Crippen LogP contribution < -0.4 is 0 Å². The van der Waals surface area contributed by atoms with Gasteiger partial charge in [0.05, 0.1) is 6.61 Å². The maximum absolute atomic E-state index is 10.6. The van der Waals surface area contributed by atoms with Gasteiger partial charge < -0.3 is 9.84 Å². The molecule has 0 aliphatic carbocycles. The molecule has 0 radical (unpaired) electrons. The van der Waals surface area contributed by atoms with Gasteiger partial charge in [0.15, 0.2) is 0 Å². The number of rotatable bonds is 11. The monoisotopic (exact) mass is 262 g/mol. The predicted octanol–water partition coefficient (Wildman–Crippen LogP) is 3.97. The fraction of sp³-hybridized carbons (Fsp3) is 0.923. The van der Waals surface area contributed by atoms with Crippen molar-refractivity contribution in [3.8, 4) is 0 Å². The molecule has 0 aliphatic heterocycles. The smallest absolute Gasteiger partial charge is 0.450 e. The molecule has 0 spiro atoms. The van der Waals surface area contributed by atoms with Crippen LogP contribution in [0.3, 0.4) is 0 Å². The van der Waals surface area contributed by atoms with Crippen molar-refractivity contribution < 1.29 is 24.4 Å². The molecule has 0 heterocycles. The van der Waals surface area contributed by atoms with Gasteiger partial charge in [-0.1, -0.05) is 40.0 Å². The second kappa shape index (κ2) is 11.3. The Morgan fingerprint density at radius 2 is 1.83 bits per heavy atom. The summed E-state index contributed by atoms with van der Waals surface area (Å²) in [5.41, 5.74) is 0. The number of hydrogen-bond donors (Lipinski definition) is 1. The Morgan fingerprint density at radius 1 is 1.17 bits per heavy atom. The van der Waals surface area contributed by atoms with Crippen molar-refractivity contribution in [2.45, 2.75) is 65.6 Å². The summed E-state index contributed by atoms with van der Waals surface area (Å²) in [5, 5.41) is 8.70. The quantitative estimate of drug-likeness (QED) is 0.201. The Hall–Kier alpha value is -0.810. The highest BCUT2D eigenvalue weighted by Crippen LogP contribution is 2.21. The van der Waals surface area contributed by atoms with Crippen molar-refractivity contribution in [3.05, 3.63) is 0 Å². The molecule has 0 amide bonds. The molecule has 1 N–H and O–H groups in total. The summed E-state index contributed by atoms with van der Waals surface area (Å²) in [6, 6.07) is 0. The lowest BCUT2D eigenvalue weighted by atomic mass is 9.99. The summed E-state index contributed by atoms with van der Waals surface area (Å²) in [7, 11) is 0. The van der Waals surface area contributed by atoms with Gasteiger partial charge in [-0.05, 0) is 19.3 Å². The van der Waals surface area contributed by atoms with Crippen LogP contribution >= 0.6 is 0 Å². The number of ether oxygens (including phenoxy) is 1. The lowest BCUT2D eigenvalue weighted by Gasteiger charge is -2.23. The van der Waals surface area contributed by atoms with Crippen LogP contribution in [0.4, 0.5) is 4.79 Å². The fourth-order valence-electron chi connectivity index (χ4n) is 1.61. The minimum absolute atomic E-state index is 0.0441. The maximum atomic E-state index is 10.6. The molecule has 5 heteroatoms. The van der Waals surface area contributed by atoms with E-state index in [1.54, 1.807) is 0 Å². The zero-order chi connectivity index (χ0) is 13.8. The van der Waals surface area contributed by atoms with Gasteiger partial charge in [0.1, 0.15) is 0 Å². The van der Waals surface area contributed by atoms with Crippen LogP contribution in [0.25, 0.3) is 0 Å². The van der Waals surface area contributed by atoms with Gasteiger partial charge in [0.2, 0.25) is 6.29 Å². The first-order valence-electron chi connectivity index (χ1n) is 6.83. The number of carboxylic acid groups (broad SMARTS) is 1. The first-order chi connectivity index (χ1) is 8.65. The van der Waals surface area contributed by atoms with E-state index in [4.69, 9.17) is 19.6 Å². The molecule has 0 aliphatic rings. The number of unbranched alkanes of at least 4 members (excludes halogenated alkanes) is 2. The van der Waals surface area contributed by atoms with Gasteiger partial charge in [0.25, 0.3) is 0 Å². The van der Waals surface area contributed by atoms with Crippen molar-refractivity contribution in [2.24, 2.45) is 5.92 Å². The van der Waals surface area contributed by atoms with Gasteiger partial charge in [-0.3, -0.25) is 0 Å². The maximum Gasteiger partial charge on any atom is 0.508 e. The molecule has 18 heavy (non-hydrogen) atoms. The third-order valence-electron chi connectivity index (χ3n) is 2.80. The highest BCUT2D eigenvalue weighted by Gasteiger charge is 2.25. The Balaban J connectivity index is 4.19. The van der Waals surface area contributed by atoms with Gasteiger partial charge >= 0.3 is 6.16 Å². The average molecular weight is 262 g/mol. The lowest BCUT2D eigenvalue weighted by Crippen LogP contribution is -2.29. The molecule has 0 rings (SSSR count). The Kier molecular flexibility index (Phi) is 10.8. The Bertz CT molecular complexity index is 208.